The van der Waals surface area contributed by atoms with Crippen molar-refractivity contribution >= 4 is 18.1 Å². The van der Waals surface area contributed by atoms with Crippen LogP contribution in [-0.2, 0) is 9.53 Å². The van der Waals surface area contributed by atoms with Crippen LogP contribution in [0, 0.1) is 0 Å². The minimum atomic E-state index is 0.125. The van der Waals surface area contributed by atoms with E-state index in [4.69, 9.17) is 4.74 Å². The van der Waals surface area contributed by atoms with Crippen LogP contribution in [0.5, 0.6) is 0 Å². The van der Waals surface area contributed by atoms with Crippen LogP contribution in [0.3, 0.4) is 0 Å². The van der Waals surface area contributed by atoms with Gasteiger partial charge in [0.05, 0.1) is 26.4 Å². The summed E-state index contributed by atoms with van der Waals surface area (Å²) in [6.45, 7) is 6.26. The predicted molar refractivity (Wildman–Crippen MR) is 139 cm³/mol. The molecule has 35 heavy (non-hydrogen) atoms. The molecular formula is C29H37N3O3. The summed E-state index contributed by atoms with van der Waals surface area (Å²) in [7, 11) is 0. The molecule has 3 fully saturated rings. The zero-order valence-corrected chi connectivity index (χ0v) is 20.5. The highest BCUT2D eigenvalue weighted by atomic mass is 16.5. The maximum Gasteiger partial charge on any atom is 0.236 e. The highest BCUT2D eigenvalue weighted by Gasteiger charge is 2.49. The van der Waals surface area contributed by atoms with Crippen molar-refractivity contribution in [2.45, 2.75) is 30.8 Å². The fourth-order valence-corrected chi connectivity index (χ4v) is 5.80. The van der Waals surface area contributed by atoms with Crippen molar-refractivity contribution in [3.8, 4) is 0 Å². The molecule has 5 rings (SSSR count). The van der Waals surface area contributed by atoms with Gasteiger partial charge in [0, 0.05) is 44.2 Å². The van der Waals surface area contributed by atoms with Gasteiger partial charge in [-0.2, -0.15) is 0 Å². The molecule has 6 nitrogen and oxygen atoms in total. The second-order valence-electron chi connectivity index (χ2n) is 9.93. The lowest BCUT2D eigenvalue weighted by Gasteiger charge is -2.57. The normalized spacial score (nSPS) is 26.1. The number of ether oxygens (including phenoxy) is 1. The molecule has 1 N–H and O–H groups in total. The second kappa shape index (κ2) is 11.5. The molecule has 0 unspecified atom stereocenters. The summed E-state index contributed by atoms with van der Waals surface area (Å²) < 4.78 is 5.44. The summed E-state index contributed by atoms with van der Waals surface area (Å²) in [6.07, 6.45) is 6.34. The lowest BCUT2D eigenvalue weighted by atomic mass is 9.74. The summed E-state index contributed by atoms with van der Waals surface area (Å²) in [5.41, 5.74) is 3.60. The fourth-order valence-electron chi connectivity index (χ4n) is 5.80. The first-order chi connectivity index (χ1) is 17.2. The molecule has 0 bridgehead atoms. The number of aliphatic hydroxyl groups excluding tert-OH is 1. The molecule has 0 aliphatic carbocycles. The molecule has 0 saturated carbocycles. The van der Waals surface area contributed by atoms with Gasteiger partial charge in [-0.05, 0) is 36.1 Å². The van der Waals surface area contributed by atoms with Gasteiger partial charge in [0.15, 0.2) is 0 Å². The summed E-state index contributed by atoms with van der Waals surface area (Å²) in [6, 6.07) is 19.4. The van der Waals surface area contributed by atoms with Gasteiger partial charge in [0.25, 0.3) is 0 Å². The van der Waals surface area contributed by atoms with E-state index < -0.39 is 0 Å². The molecule has 2 aromatic carbocycles. The Morgan fingerprint density at radius 1 is 0.914 bits per heavy atom. The van der Waals surface area contributed by atoms with E-state index in [1.54, 1.807) is 0 Å². The van der Waals surface area contributed by atoms with E-state index in [2.05, 4.69) is 63.2 Å². The minimum Gasteiger partial charge on any atom is -0.395 e. The lowest BCUT2D eigenvalue weighted by Crippen LogP contribution is -2.68. The van der Waals surface area contributed by atoms with Crippen molar-refractivity contribution < 1.29 is 14.6 Å². The Labute approximate surface area is 208 Å². The van der Waals surface area contributed by atoms with Crippen molar-refractivity contribution in [2.24, 2.45) is 0 Å². The number of hydrogen-bond acceptors (Lipinski definition) is 5. The SMILES string of the molecule is O=C(CN1CCOCC1)N1CCCCN2[C@H](CO)[C@H](c3ccc(/C=C/c4ccccc4)cc3)[C@@H]2C1. The molecule has 186 valence electrons. The van der Waals surface area contributed by atoms with Crippen LogP contribution in [0.4, 0.5) is 0 Å². The van der Waals surface area contributed by atoms with Crippen molar-refractivity contribution in [3.05, 3.63) is 71.3 Å². The van der Waals surface area contributed by atoms with Crippen LogP contribution < -0.4 is 0 Å². The lowest BCUT2D eigenvalue weighted by molar-refractivity contribution is -0.138. The highest BCUT2D eigenvalue weighted by molar-refractivity contribution is 5.78. The number of nitrogens with zero attached hydrogens (tertiary/aromatic N) is 3. The number of benzene rings is 2. The van der Waals surface area contributed by atoms with Crippen LogP contribution in [-0.4, -0.2) is 96.9 Å². The zero-order valence-electron chi connectivity index (χ0n) is 20.5. The largest absolute Gasteiger partial charge is 0.395 e. The Morgan fingerprint density at radius 3 is 2.31 bits per heavy atom. The number of aliphatic hydroxyl groups is 1. The zero-order chi connectivity index (χ0) is 24.0. The third kappa shape index (κ3) is 5.67. The van der Waals surface area contributed by atoms with Gasteiger partial charge in [-0.3, -0.25) is 14.6 Å². The molecule has 0 aromatic heterocycles. The van der Waals surface area contributed by atoms with Crippen molar-refractivity contribution in [3.63, 3.8) is 0 Å². The van der Waals surface area contributed by atoms with Crippen LogP contribution in [0.25, 0.3) is 12.2 Å². The highest BCUT2D eigenvalue weighted by Crippen LogP contribution is 2.42. The smallest absolute Gasteiger partial charge is 0.236 e. The fraction of sp³-hybridized carbons (Fsp3) is 0.483. The van der Waals surface area contributed by atoms with Gasteiger partial charge in [-0.25, -0.2) is 0 Å². The van der Waals surface area contributed by atoms with Crippen molar-refractivity contribution in [2.75, 3.05) is 59.1 Å². The van der Waals surface area contributed by atoms with Gasteiger partial charge < -0.3 is 14.7 Å². The number of fused-ring (bicyclic) bond motifs is 1. The monoisotopic (exact) mass is 475 g/mol. The van der Waals surface area contributed by atoms with Crippen LogP contribution in [0.1, 0.15) is 35.4 Å². The number of carbonyl (C=O) groups is 1. The maximum absolute atomic E-state index is 13.2. The molecule has 1 amide bonds. The van der Waals surface area contributed by atoms with E-state index >= 15 is 0 Å². The molecule has 2 aromatic rings. The van der Waals surface area contributed by atoms with Gasteiger partial charge in [-0.15, -0.1) is 0 Å². The van der Waals surface area contributed by atoms with Gasteiger partial charge >= 0.3 is 0 Å². The van der Waals surface area contributed by atoms with E-state index in [0.717, 1.165) is 51.1 Å². The first kappa shape index (κ1) is 24.2. The first-order valence-electron chi connectivity index (χ1n) is 13.0. The van der Waals surface area contributed by atoms with Crippen molar-refractivity contribution in [1.29, 1.82) is 0 Å². The standard InChI is InChI=1S/C29H37N3O3/c33-22-27-29(25-12-10-24(11-13-25)9-8-23-6-2-1-3-7-23)26-20-31(14-4-5-15-32(26)27)28(34)21-30-16-18-35-19-17-30/h1-3,6-13,26-27,29,33H,4-5,14-22H2/b9-8+/t26-,27+,29+/m0/s1. The van der Waals surface area contributed by atoms with E-state index in [1.807, 2.05) is 18.2 Å². The maximum atomic E-state index is 13.2. The number of morpholine rings is 1. The molecule has 3 heterocycles. The molecule has 3 saturated heterocycles. The summed E-state index contributed by atoms with van der Waals surface area (Å²) in [4.78, 5) is 19.9. The molecule has 3 atom stereocenters. The molecule has 0 radical (unpaired) electrons. The molecule has 3 aliphatic rings. The van der Waals surface area contributed by atoms with E-state index in [-0.39, 0.29) is 30.5 Å². The average molecular weight is 476 g/mol. The number of amides is 1. The Bertz CT molecular complexity index is 988. The van der Waals surface area contributed by atoms with Gasteiger partial charge in [-0.1, -0.05) is 66.7 Å². The predicted octanol–water partition coefficient (Wildman–Crippen LogP) is 2.94. The van der Waals surface area contributed by atoms with E-state index in [1.165, 1.54) is 11.1 Å². The molecule has 3 aliphatic heterocycles. The number of hydrogen-bond donors (Lipinski definition) is 1. The van der Waals surface area contributed by atoms with Crippen LogP contribution in [0.2, 0.25) is 0 Å². The molecule has 6 heteroatoms. The summed E-state index contributed by atoms with van der Waals surface area (Å²) >= 11 is 0. The van der Waals surface area contributed by atoms with Crippen molar-refractivity contribution in [1.82, 2.24) is 14.7 Å². The Hall–Kier alpha value is -2.51. The number of carbonyl (C=O) groups excluding carboxylic acids is 1. The number of rotatable bonds is 6. The summed E-state index contributed by atoms with van der Waals surface area (Å²) in [5, 5.41) is 10.2. The van der Waals surface area contributed by atoms with Gasteiger partial charge in [0.2, 0.25) is 5.91 Å². The minimum absolute atomic E-state index is 0.125. The average Bonchev–Trinajstić information content (AvgIpc) is 2.88. The molecular weight excluding hydrogens is 438 g/mol. The van der Waals surface area contributed by atoms with Crippen LogP contribution >= 0.6 is 0 Å². The Balaban J connectivity index is 1.28. The quantitative estimate of drug-likeness (QED) is 0.651. The summed E-state index contributed by atoms with van der Waals surface area (Å²) in [5.74, 6) is 0.463. The topological polar surface area (TPSA) is 56.2 Å². The molecule has 0 spiro atoms. The van der Waals surface area contributed by atoms with E-state index in [0.29, 0.717) is 19.8 Å². The Kier molecular flexibility index (Phi) is 7.94. The van der Waals surface area contributed by atoms with Gasteiger partial charge in [0.1, 0.15) is 0 Å². The third-order valence-corrected chi connectivity index (χ3v) is 7.77. The van der Waals surface area contributed by atoms with Crippen LogP contribution in [0.15, 0.2) is 54.6 Å². The third-order valence-electron chi connectivity index (χ3n) is 7.77. The van der Waals surface area contributed by atoms with E-state index in [9.17, 15) is 9.90 Å². The second-order valence-corrected chi connectivity index (χ2v) is 9.93. The Morgan fingerprint density at radius 2 is 1.60 bits per heavy atom. The first-order valence-corrected chi connectivity index (χ1v) is 13.0.